The summed E-state index contributed by atoms with van der Waals surface area (Å²) < 4.78 is 4.59. The number of rotatable bonds is 4. The molecule has 0 unspecified atom stereocenters. The minimum absolute atomic E-state index is 1.05. The molecule has 2 aromatic heterocycles. The lowest BCUT2D eigenvalue weighted by molar-refractivity contribution is 1.07. The molecule has 0 saturated heterocycles. The molecule has 2 nitrogen and oxygen atoms in total. The Balaban J connectivity index is 1.41. The lowest BCUT2D eigenvalue weighted by atomic mass is 10.0. The first-order chi connectivity index (χ1) is 18.6. The maximum absolute atomic E-state index is 4.38. The molecule has 0 fully saturated rings. The Labute approximate surface area is 222 Å². The van der Waals surface area contributed by atoms with Gasteiger partial charge in [-0.2, -0.15) is 0 Å². The summed E-state index contributed by atoms with van der Waals surface area (Å²) in [6, 6.07) is 34.5. The molecule has 6 aromatic rings. The van der Waals surface area contributed by atoms with Crippen molar-refractivity contribution in [3.05, 3.63) is 130 Å². The number of hydrogen-bond donors (Lipinski definition) is 0. The fourth-order valence-electron chi connectivity index (χ4n) is 5.48. The molecule has 0 spiro atoms. The summed E-state index contributed by atoms with van der Waals surface area (Å²) in [7, 11) is 0. The largest absolute Gasteiger partial charge is 0.310 e. The summed E-state index contributed by atoms with van der Waals surface area (Å²) in [5, 5.41) is 6.72. The molecule has 0 bridgehead atoms. The number of nitrogens with zero attached hydrogens (tertiary/aromatic N) is 2. The number of hydrogen-bond acceptors (Lipinski definition) is 0. The van der Waals surface area contributed by atoms with Gasteiger partial charge in [0.15, 0.2) is 0 Å². The summed E-state index contributed by atoms with van der Waals surface area (Å²) >= 11 is 0. The van der Waals surface area contributed by atoms with E-state index < -0.39 is 0 Å². The highest BCUT2D eigenvalue weighted by atomic mass is 15.0. The molecule has 0 amide bonds. The Morgan fingerprint density at radius 3 is 1.47 bits per heavy atom. The number of aromatic nitrogens is 2. The summed E-state index contributed by atoms with van der Waals surface area (Å²) in [5.74, 6) is 0. The Kier molecular flexibility index (Phi) is 5.94. The molecule has 4 aromatic carbocycles. The molecule has 0 aliphatic rings. The highest BCUT2D eigenvalue weighted by Crippen LogP contribution is 2.24. The van der Waals surface area contributed by atoms with Crippen LogP contribution >= 0.6 is 0 Å². The predicted molar refractivity (Wildman–Crippen MR) is 165 cm³/mol. The lowest BCUT2D eigenvalue weighted by Crippen LogP contribution is -2.26. The minimum atomic E-state index is 1.05. The number of para-hydroxylation sites is 2. The van der Waals surface area contributed by atoms with Crippen LogP contribution in [0.3, 0.4) is 0 Å². The normalized spacial score (nSPS) is 12.9. The van der Waals surface area contributed by atoms with E-state index >= 15 is 0 Å². The van der Waals surface area contributed by atoms with Crippen LogP contribution in [0.15, 0.2) is 109 Å². The van der Waals surface area contributed by atoms with E-state index in [0.29, 0.717) is 0 Å². The third-order valence-electron chi connectivity index (χ3n) is 7.34. The van der Waals surface area contributed by atoms with Crippen LogP contribution < -0.4 is 21.1 Å². The Morgan fingerprint density at radius 2 is 1.00 bits per heavy atom. The molecule has 0 atom stereocenters. The molecule has 184 valence electrons. The smallest absolute Gasteiger partial charge is 0.0540 e. The van der Waals surface area contributed by atoms with Crippen molar-refractivity contribution in [1.82, 2.24) is 9.13 Å². The highest BCUT2D eigenvalue weighted by molar-refractivity contribution is 5.84. The van der Waals surface area contributed by atoms with Gasteiger partial charge in [0, 0.05) is 37.9 Å². The van der Waals surface area contributed by atoms with Gasteiger partial charge in [0.05, 0.1) is 16.4 Å². The molecular formula is C36H30N2. The Morgan fingerprint density at radius 1 is 0.553 bits per heavy atom. The van der Waals surface area contributed by atoms with Gasteiger partial charge in [0.1, 0.15) is 0 Å². The number of benzene rings is 4. The molecule has 0 N–H and O–H groups in total. The van der Waals surface area contributed by atoms with Crippen molar-refractivity contribution in [3.8, 4) is 22.5 Å². The van der Waals surface area contributed by atoms with Gasteiger partial charge in [-0.15, -0.1) is 0 Å². The van der Waals surface area contributed by atoms with Gasteiger partial charge in [0.25, 0.3) is 0 Å². The van der Waals surface area contributed by atoms with E-state index in [-0.39, 0.29) is 0 Å². The predicted octanol–water partition coefficient (Wildman–Crippen LogP) is 6.22. The van der Waals surface area contributed by atoms with Gasteiger partial charge in [-0.3, -0.25) is 0 Å². The van der Waals surface area contributed by atoms with Crippen molar-refractivity contribution >= 4 is 47.1 Å². The average Bonchev–Trinajstić information content (AvgIpc) is 3.42. The maximum Gasteiger partial charge on any atom is 0.0540 e. The van der Waals surface area contributed by atoms with Crippen LogP contribution in [0.4, 0.5) is 0 Å². The van der Waals surface area contributed by atoms with Crippen LogP contribution in [0.5, 0.6) is 0 Å². The third-order valence-corrected chi connectivity index (χ3v) is 7.34. The SMILES string of the molecule is C=c1/c(=C\C)n(-c2ccc(-c3ccc(-n4/c(=C/C=C\C)c(=C)c5ccccc54)cc3)cc2)c2ccccc12. The molecular weight excluding hydrogens is 460 g/mol. The zero-order valence-corrected chi connectivity index (χ0v) is 21.9. The van der Waals surface area contributed by atoms with Crippen LogP contribution in [0, 0.1) is 0 Å². The summed E-state index contributed by atoms with van der Waals surface area (Å²) in [4.78, 5) is 0. The second kappa shape index (κ2) is 9.57. The number of fused-ring (bicyclic) bond motifs is 2. The van der Waals surface area contributed by atoms with Crippen LogP contribution in [0.1, 0.15) is 13.8 Å². The fourth-order valence-corrected chi connectivity index (χ4v) is 5.48. The van der Waals surface area contributed by atoms with E-state index in [2.05, 4.69) is 145 Å². The molecule has 0 saturated carbocycles. The number of allylic oxidation sites excluding steroid dienone is 2. The third kappa shape index (κ3) is 3.74. The van der Waals surface area contributed by atoms with Crippen LogP contribution in [0.25, 0.3) is 69.6 Å². The van der Waals surface area contributed by atoms with Gasteiger partial charge >= 0.3 is 0 Å². The Bertz CT molecular complexity index is 2050. The quantitative estimate of drug-likeness (QED) is 0.278. The maximum atomic E-state index is 4.38. The molecule has 0 aliphatic carbocycles. The van der Waals surface area contributed by atoms with Crippen molar-refractivity contribution < 1.29 is 0 Å². The first-order valence-corrected chi connectivity index (χ1v) is 13.0. The first kappa shape index (κ1) is 23.6. The van der Waals surface area contributed by atoms with Crippen LogP contribution in [-0.4, -0.2) is 9.13 Å². The molecule has 2 heterocycles. The average molecular weight is 491 g/mol. The van der Waals surface area contributed by atoms with E-state index in [1.165, 1.54) is 27.4 Å². The van der Waals surface area contributed by atoms with Gasteiger partial charge in [-0.25, -0.2) is 0 Å². The molecule has 0 radical (unpaired) electrons. The molecule has 2 heteroatoms. The fraction of sp³-hybridized carbons (Fsp3) is 0.0556. The van der Waals surface area contributed by atoms with E-state index in [0.717, 1.165) is 38.0 Å². The van der Waals surface area contributed by atoms with Gasteiger partial charge in [-0.05, 0) is 67.4 Å². The summed E-state index contributed by atoms with van der Waals surface area (Å²) in [6.45, 7) is 12.8. The second-order valence-electron chi connectivity index (χ2n) is 9.51. The summed E-state index contributed by atoms with van der Waals surface area (Å²) in [6.07, 6.45) is 8.39. The van der Waals surface area contributed by atoms with Crippen molar-refractivity contribution in [2.24, 2.45) is 0 Å². The first-order valence-electron chi connectivity index (χ1n) is 13.0. The van der Waals surface area contributed by atoms with Gasteiger partial charge in [-0.1, -0.05) is 92.0 Å². The monoisotopic (exact) mass is 490 g/mol. The van der Waals surface area contributed by atoms with Crippen LogP contribution in [0.2, 0.25) is 0 Å². The van der Waals surface area contributed by atoms with E-state index in [9.17, 15) is 0 Å². The second-order valence-corrected chi connectivity index (χ2v) is 9.51. The van der Waals surface area contributed by atoms with Gasteiger partial charge in [0.2, 0.25) is 0 Å². The highest BCUT2D eigenvalue weighted by Gasteiger charge is 2.10. The molecule has 0 aliphatic heterocycles. The molecule has 38 heavy (non-hydrogen) atoms. The standard InChI is InChI=1S/C36H30N2/c1-5-7-14-34-26(4)32-13-9-11-16-36(32)38(34)30-23-19-28(20-24-30)27-17-21-29(22-18-27)37-33(6-2)25(3)31-12-8-10-15-35(31)37/h5-24H,3-4H2,1-2H3/b7-5-,33-6+,34-14+. The van der Waals surface area contributed by atoms with E-state index in [1.54, 1.807) is 0 Å². The minimum Gasteiger partial charge on any atom is -0.310 e. The van der Waals surface area contributed by atoms with Crippen molar-refractivity contribution in [2.45, 2.75) is 13.8 Å². The van der Waals surface area contributed by atoms with Crippen molar-refractivity contribution in [1.29, 1.82) is 0 Å². The van der Waals surface area contributed by atoms with Crippen molar-refractivity contribution in [3.63, 3.8) is 0 Å². The lowest BCUT2D eigenvalue weighted by Gasteiger charge is -2.10. The zero-order chi connectivity index (χ0) is 26.2. The topological polar surface area (TPSA) is 9.86 Å². The zero-order valence-electron chi connectivity index (χ0n) is 21.9. The van der Waals surface area contributed by atoms with E-state index in [4.69, 9.17) is 0 Å². The van der Waals surface area contributed by atoms with Crippen LogP contribution in [-0.2, 0) is 0 Å². The molecule has 6 rings (SSSR count). The van der Waals surface area contributed by atoms with Crippen molar-refractivity contribution in [2.75, 3.05) is 0 Å². The summed E-state index contributed by atoms with van der Waals surface area (Å²) in [5.41, 5.74) is 6.97. The Hall–Kier alpha value is -4.82. The van der Waals surface area contributed by atoms with E-state index in [1.807, 2.05) is 13.0 Å². The van der Waals surface area contributed by atoms with Gasteiger partial charge < -0.3 is 9.13 Å².